The van der Waals surface area contributed by atoms with E-state index in [1.165, 1.54) is 0 Å². The first-order chi connectivity index (χ1) is 12.3. The van der Waals surface area contributed by atoms with Crippen LogP contribution >= 0.6 is 11.6 Å². The zero-order chi connectivity index (χ0) is 19.3. The molecule has 0 bridgehead atoms. The van der Waals surface area contributed by atoms with Crippen molar-refractivity contribution in [1.29, 1.82) is 0 Å². The van der Waals surface area contributed by atoms with Crippen molar-refractivity contribution in [1.82, 2.24) is 4.90 Å². The summed E-state index contributed by atoms with van der Waals surface area (Å²) in [5.74, 6) is -0.385. The fourth-order valence-corrected chi connectivity index (χ4v) is 3.04. The van der Waals surface area contributed by atoms with Crippen molar-refractivity contribution < 1.29 is 9.59 Å². The van der Waals surface area contributed by atoms with Crippen molar-refractivity contribution in [2.45, 2.75) is 20.8 Å². The average Bonchev–Trinajstić information content (AvgIpc) is 2.52. The maximum absolute atomic E-state index is 12.3. The van der Waals surface area contributed by atoms with Gasteiger partial charge in [-0.25, -0.2) is 0 Å². The van der Waals surface area contributed by atoms with E-state index in [1.54, 1.807) is 36.2 Å². The molecule has 0 aliphatic rings. The van der Waals surface area contributed by atoms with Gasteiger partial charge in [0.1, 0.15) is 0 Å². The number of amides is 2. The van der Waals surface area contributed by atoms with Crippen LogP contribution in [-0.4, -0.2) is 36.9 Å². The average molecular weight is 374 g/mol. The molecule has 0 fully saturated rings. The lowest BCUT2D eigenvalue weighted by Gasteiger charge is -2.18. The number of anilines is 2. The van der Waals surface area contributed by atoms with Gasteiger partial charge in [0.15, 0.2) is 0 Å². The van der Waals surface area contributed by atoms with Crippen molar-refractivity contribution in [2.24, 2.45) is 0 Å². The third-order valence-electron chi connectivity index (χ3n) is 3.92. The molecule has 0 saturated carbocycles. The Morgan fingerprint density at radius 2 is 1.50 bits per heavy atom. The number of carbonyl (C=O) groups excluding carboxylic acids is 2. The number of hydrogen-bond donors (Lipinski definition) is 2. The Bertz CT molecular complexity index is 797. The SMILES string of the molecule is Cc1cc(C)c(NC(=O)CN(C)CC(=O)Nc2ccccc2Cl)c(C)c1. The summed E-state index contributed by atoms with van der Waals surface area (Å²) < 4.78 is 0. The Kier molecular flexibility index (Phi) is 6.77. The molecule has 2 N–H and O–H groups in total. The molecule has 0 atom stereocenters. The highest BCUT2D eigenvalue weighted by Crippen LogP contribution is 2.22. The van der Waals surface area contributed by atoms with Crippen LogP contribution < -0.4 is 10.6 Å². The minimum Gasteiger partial charge on any atom is -0.324 e. The summed E-state index contributed by atoms with van der Waals surface area (Å²) in [5.41, 5.74) is 4.59. The summed E-state index contributed by atoms with van der Waals surface area (Å²) in [5, 5.41) is 6.16. The molecule has 26 heavy (non-hydrogen) atoms. The lowest BCUT2D eigenvalue weighted by Crippen LogP contribution is -2.36. The van der Waals surface area contributed by atoms with Crippen molar-refractivity contribution in [3.8, 4) is 0 Å². The third kappa shape index (κ3) is 5.58. The van der Waals surface area contributed by atoms with E-state index < -0.39 is 0 Å². The van der Waals surface area contributed by atoms with Gasteiger partial charge in [-0.05, 0) is 51.1 Å². The molecule has 0 aliphatic heterocycles. The van der Waals surface area contributed by atoms with Crippen LogP contribution in [0.5, 0.6) is 0 Å². The minimum absolute atomic E-state index is 0.0878. The van der Waals surface area contributed by atoms with Crippen LogP contribution in [0, 0.1) is 20.8 Å². The molecule has 0 aromatic heterocycles. The van der Waals surface area contributed by atoms with Crippen LogP contribution in [0.25, 0.3) is 0 Å². The molecular weight excluding hydrogens is 350 g/mol. The smallest absolute Gasteiger partial charge is 0.238 e. The predicted octanol–water partition coefficient (Wildman–Crippen LogP) is 3.77. The summed E-state index contributed by atoms with van der Waals surface area (Å²) in [7, 11) is 1.72. The lowest BCUT2D eigenvalue weighted by atomic mass is 10.1. The van der Waals surface area contributed by atoms with Crippen molar-refractivity contribution in [2.75, 3.05) is 30.8 Å². The second kappa shape index (κ2) is 8.83. The highest BCUT2D eigenvalue weighted by atomic mass is 35.5. The summed E-state index contributed by atoms with van der Waals surface area (Å²) in [6.45, 7) is 6.16. The zero-order valence-electron chi connectivity index (χ0n) is 15.5. The molecule has 0 aliphatic carbocycles. The van der Waals surface area contributed by atoms with E-state index in [0.717, 1.165) is 22.4 Å². The standard InChI is InChI=1S/C20H24ClN3O2/c1-13-9-14(2)20(15(3)10-13)23-19(26)12-24(4)11-18(25)22-17-8-6-5-7-16(17)21/h5-10H,11-12H2,1-4H3,(H,22,25)(H,23,26). The predicted molar refractivity (Wildman–Crippen MR) is 107 cm³/mol. The van der Waals surface area contributed by atoms with Crippen molar-refractivity contribution in [3.63, 3.8) is 0 Å². The molecule has 0 spiro atoms. The monoisotopic (exact) mass is 373 g/mol. The highest BCUT2D eigenvalue weighted by molar-refractivity contribution is 6.33. The van der Waals surface area contributed by atoms with Crippen LogP contribution in [-0.2, 0) is 9.59 Å². The number of likely N-dealkylation sites (N-methyl/N-ethyl adjacent to an activating group) is 1. The first kappa shape index (κ1) is 19.9. The number of aryl methyl sites for hydroxylation is 3. The largest absolute Gasteiger partial charge is 0.324 e. The van der Waals surface area contributed by atoms with E-state index in [0.29, 0.717) is 10.7 Å². The third-order valence-corrected chi connectivity index (χ3v) is 4.25. The van der Waals surface area contributed by atoms with Crippen LogP contribution in [0.15, 0.2) is 36.4 Å². The quantitative estimate of drug-likeness (QED) is 0.810. The summed E-state index contributed by atoms with van der Waals surface area (Å²) in [6, 6.07) is 11.1. The maximum atomic E-state index is 12.3. The van der Waals surface area contributed by atoms with Gasteiger partial charge in [0.25, 0.3) is 0 Å². The summed E-state index contributed by atoms with van der Waals surface area (Å²) in [6.07, 6.45) is 0. The van der Waals surface area contributed by atoms with Gasteiger partial charge in [0, 0.05) is 5.69 Å². The maximum Gasteiger partial charge on any atom is 0.238 e. The van der Waals surface area contributed by atoms with Crippen LogP contribution in [0.1, 0.15) is 16.7 Å². The number of halogens is 1. The first-order valence-corrected chi connectivity index (χ1v) is 8.74. The second-order valence-electron chi connectivity index (χ2n) is 6.52. The molecule has 2 aromatic carbocycles. The highest BCUT2D eigenvalue weighted by Gasteiger charge is 2.14. The zero-order valence-corrected chi connectivity index (χ0v) is 16.3. The molecule has 0 radical (unpaired) electrons. The number of carbonyl (C=O) groups is 2. The van der Waals surface area contributed by atoms with Crippen molar-refractivity contribution in [3.05, 3.63) is 58.1 Å². The molecule has 2 amide bonds. The number of rotatable bonds is 6. The molecule has 0 unspecified atom stereocenters. The van der Waals surface area contributed by atoms with E-state index in [-0.39, 0.29) is 24.9 Å². The minimum atomic E-state index is -0.226. The Morgan fingerprint density at radius 3 is 2.08 bits per heavy atom. The molecule has 5 nitrogen and oxygen atoms in total. The number of hydrogen-bond acceptors (Lipinski definition) is 3. The molecule has 2 aromatic rings. The lowest BCUT2D eigenvalue weighted by molar-refractivity contribution is -0.119. The first-order valence-electron chi connectivity index (χ1n) is 8.37. The number of benzene rings is 2. The number of nitrogens with one attached hydrogen (secondary N) is 2. The van der Waals surface area contributed by atoms with Gasteiger partial charge in [-0.2, -0.15) is 0 Å². The Balaban J connectivity index is 1.89. The van der Waals surface area contributed by atoms with Crippen LogP contribution in [0.2, 0.25) is 5.02 Å². The van der Waals surface area contributed by atoms with E-state index in [2.05, 4.69) is 10.6 Å². The van der Waals surface area contributed by atoms with Crippen LogP contribution in [0.3, 0.4) is 0 Å². The Labute approximate surface area is 159 Å². The van der Waals surface area contributed by atoms with Crippen molar-refractivity contribution >= 4 is 34.8 Å². The Morgan fingerprint density at radius 1 is 0.962 bits per heavy atom. The summed E-state index contributed by atoms with van der Waals surface area (Å²) >= 11 is 6.03. The van der Waals surface area contributed by atoms with Gasteiger partial charge < -0.3 is 10.6 Å². The van der Waals surface area contributed by atoms with E-state index in [1.807, 2.05) is 32.9 Å². The molecule has 138 valence electrons. The Hall–Kier alpha value is -2.37. The normalized spacial score (nSPS) is 10.7. The van der Waals surface area contributed by atoms with Gasteiger partial charge in [-0.15, -0.1) is 0 Å². The summed E-state index contributed by atoms with van der Waals surface area (Å²) in [4.78, 5) is 26.1. The van der Waals surface area contributed by atoms with Gasteiger partial charge in [-0.1, -0.05) is 41.4 Å². The van der Waals surface area contributed by atoms with E-state index >= 15 is 0 Å². The van der Waals surface area contributed by atoms with Crippen LogP contribution in [0.4, 0.5) is 11.4 Å². The molecule has 0 saturated heterocycles. The van der Waals surface area contributed by atoms with E-state index in [9.17, 15) is 9.59 Å². The van der Waals surface area contributed by atoms with Gasteiger partial charge in [0.2, 0.25) is 11.8 Å². The fourth-order valence-electron chi connectivity index (χ4n) is 2.85. The fraction of sp³-hybridized carbons (Fsp3) is 0.300. The molecular formula is C20H24ClN3O2. The number of para-hydroxylation sites is 1. The number of nitrogens with zero attached hydrogens (tertiary/aromatic N) is 1. The van der Waals surface area contributed by atoms with Gasteiger partial charge in [0.05, 0.1) is 23.8 Å². The van der Waals surface area contributed by atoms with Gasteiger partial charge >= 0.3 is 0 Å². The molecule has 2 rings (SSSR count). The van der Waals surface area contributed by atoms with Gasteiger partial charge in [-0.3, -0.25) is 14.5 Å². The van der Waals surface area contributed by atoms with E-state index in [4.69, 9.17) is 11.6 Å². The topological polar surface area (TPSA) is 61.4 Å². The molecule has 0 heterocycles. The molecule has 6 heteroatoms. The second-order valence-corrected chi connectivity index (χ2v) is 6.93.